The molecule has 1 aliphatic heterocycles. The second-order valence-corrected chi connectivity index (χ2v) is 5.54. The van der Waals surface area contributed by atoms with Crippen LogP contribution in [-0.4, -0.2) is 32.9 Å². The van der Waals surface area contributed by atoms with E-state index in [1.807, 2.05) is 19.3 Å². The fraction of sp³-hybridized carbons (Fsp3) is 0.667. The Morgan fingerprint density at radius 3 is 2.59 bits per heavy atom. The van der Waals surface area contributed by atoms with Gasteiger partial charge in [-0.3, -0.25) is 4.68 Å². The summed E-state index contributed by atoms with van der Waals surface area (Å²) in [5.74, 6) is 2.24. The van der Waals surface area contributed by atoms with Crippen LogP contribution in [0.4, 0.5) is 5.82 Å². The maximum atomic E-state index is 5.44. The third kappa shape index (κ3) is 3.19. The largest absolute Gasteiger partial charge is 0.348 e. The minimum atomic E-state index is 0.710. The Morgan fingerprint density at radius 2 is 2.06 bits per heavy atom. The first-order valence-corrected chi connectivity index (χ1v) is 6.51. The van der Waals surface area contributed by atoms with Crippen LogP contribution in [0.25, 0.3) is 0 Å². The molecule has 0 aliphatic carbocycles. The van der Waals surface area contributed by atoms with Gasteiger partial charge in [-0.15, -0.1) is 0 Å². The SMILES string of the molecule is C[C@@H]1C[C@@H](C)CN(C(=S)Nc2ccn(C)n2)C1. The molecule has 1 N–H and O–H groups in total. The first kappa shape index (κ1) is 12.4. The van der Waals surface area contributed by atoms with Crippen molar-refractivity contribution in [3.05, 3.63) is 12.3 Å². The van der Waals surface area contributed by atoms with Gasteiger partial charge in [-0.25, -0.2) is 0 Å². The molecule has 1 aromatic rings. The lowest BCUT2D eigenvalue weighted by atomic mass is 9.92. The monoisotopic (exact) mass is 252 g/mol. The molecule has 5 heteroatoms. The van der Waals surface area contributed by atoms with Crippen molar-refractivity contribution in [1.29, 1.82) is 0 Å². The van der Waals surface area contributed by atoms with Crippen molar-refractivity contribution in [2.75, 3.05) is 18.4 Å². The van der Waals surface area contributed by atoms with Gasteiger partial charge in [0.25, 0.3) is 0 Å². The molecule has 0 unspecified atom stereocenters. The molecule has 1 saturated heterocycles. The third-order valence-electron chi connectivity index (χ3n) is 3.10. The first-order valence-electron chi connectivity index (χ1n) is 6.10. The number of hydrogen-bond acceptors (Lipinski definition) is 2. The molecule has 0 spiro atoms. The van der Waals surface area contributed by atoms with Crippen molar-refractivity contribution in [2.24, 2.45) is 18.9 Å². The number of hydrogen-bond donors (Lipinski definition) is 1. The summed E-state index contributed by atoms with van der Waals surface area (Å²) in [7, 11) is 1.90. The molecule has 17 heavy (non-hydrogen) atoms. The normalized spacial score (nSPS) is 24.8. The predicted octanol–water partition coefficient (Wildman–Crippen LogP) is 2.09. The van der Waals surface area contributed by atoms with Gasteiger partial charge in [0.05, 0.1) is 0 Å². The summed E-state index contributed by atoms with van der Waals surface area (Å²) >= 11 is 5.44. The predicted molar refractivity (Wildman–Crippen MR) is 73.9 cm³/mol. The fourth-order valence-electron chi connectivity index (χ4n) is 2.50. The summed E-state index contributed by atoms with van der Waals surface area (Å²) in [6.07, 6.45) is 3.20. The zero-order chi connectivity index (χ0) is 12.4. The van der Waals surface area contributed by atoms with Gasteiger partial charge < -0.3 is 10.2 Å². The number of likely N-dealkylation sites (tertiary alicyclic amines) is 1. The quantitative estimate of drug-likeness (QED) is 0.776. The molecule has 0 aromatic carbocycles. The van der Waals surface area contributed by atoms with Crippen molar-refractivity contribution in [1.82, 2.24) is 14.7 Å². The average Bonchev–Trinajstić information content (AvgIpc) is 2.62. The molecule has 0 amide bonds. The van der Waals surface area contributed by atoms with E-state index in [1.165, 1.54) is 6.42 Å². The van der Waals surface area contributed by atoms with Crippen molar-refractivity contribution in [3.8, 4) is 0 Å². The second-order valence-electron chi connectivity index (χ2n) is 5.16. The van der Waals surface area contributed by atoms with E-state index < -0.39 is 0 Å². The zero-order valence-electron chi connectivity index (χ0n) is 10.7. The zero-order valence-corrected chi connectivity index (χ0v) is 11.5. The number of rotatable bonds is 1. The number of nitrogens with one attached hydrogen (secondary N) is 1. The molecule has 0 radical (unpaired) electrons. The fourth-order valence-corrected chi connectivity index (χ4v) is 2.75. The van der Waals surface area contributed by atoms with Gasteiger partial charge in [0.15, 0.2) is 10.9 Å². The second kappa shape index (κ2) is 5.04. The van der Waals surface area contributed by atoms with Crippen LogP contribution in [0.15, 0.2) is 12.3 Å². The Bertz CT molecular complexity index is 391. The van der Waals surface area contributed by atoms with Crippen molar-refractivity contribution >= 4 is 23.1 Å². The van der Waals surface area contributed by atoms with E-state index in [0.29, 0.717) is 11.8 Å². The lowest BCUT2D eigenvalue weighted by Gasteiger charge is -2.36. The third-order valence-corrected chi connectivity index (χ3v) is 3.46. The van der Waals surface area contributed by atoms with E-state index in [-0.39, 0.29) is 0 Å². The molecule has 2 atom stereocenters. The van der Waals surface area contributed by atoms with Crippen LogP contribution < -0.4 is 5.32 Å². The van der Waals surface area contributed by atoms with Gasteiger partial charge in [-0.1, -0.05) is 13.8 Å². The van der Waals surface area contributed by atoms with Crippen LogP contribution in [-0.2, 0) is 7.05 Å². The summed E-state index contributed by atoms with van der Waals surface area (Å²) in [5.41, 5.74) is 0. The minimum Gasteiger partial charge on any atom is -0.348 e. The van der Waals surface area contributed by atoms with Gasteiger partial charge in [0, 0.05) is 32.4 Å². The van der Waals surface area contributed by atoms with E-state index >= 15 is 0 Å². The molecule has 4 nitrogen and oxygen atoms in total. The summed E-state index contributed by atoms with van der Waals surface area (Å²) in [4.78, 5) is 2.25. The Balaban J connectivity index is 1.95. The number of nitrogens with zero attached hydrogens (tertiary/aromatic N) is 3. The molecule has 1 aliphatic rings. The van der Waals surface area contributed by atoms with Crippen molar-refractivity contribution in [2.45, 2.75) is 20.3 Å². The Morgan fingerprint density at radius 1 is 1.41 bits per heavy atom. The highest BCUT2D eigenvalue weighted by atomic mass is 32.1. The molecule has 1 aromatic heterocycles. The minimum absolute atomic E-state index is 0.710. The molecule has 2 rings (SSSR count). The Kier molecular flexibility index (Phi) is 3.66. The molecule has 2 heterocycles. The first-order chi connectivity index (χ1) is 8.04. The van der Waals surface area contributed by atoms with E-state index in [0.717, 1.165) is 24.0 Å². The summed E-state index contributed by atoms with van der Waals surface area (Å²) in [6.45, 7) is 6.66. The van der Waals surface area contributed by atoms with E-state index in [9.17, 15) is 0 Å². The highest BCUT2D eigenvalue weighted by Crippen LogP contribution is 2.21. The Hall–Kier alpha value is -1.10. The van der Waals surface area contributed by atoms with Crippen LogP contribution >= 0.6 is 12.2 Å². The summed E-state index contributed by atoms with van der Waals surface area (Å²) in [6, 6.07) is 1.93. The highest BCUT2D eigenvalue weighted by Gasteiger charge is 2.23. The lowest BCUT2D eigenvalue weighted by molar-refractivity contribution is 0.216. The van der Waals surface area contributed by atoms with Gasteiger partial charge in [-0.2, -0.15) is 5.10 Å². The molecule has 0 saturated carbocycles. The van der Waals surface area contributed by atoms with E-state index in [4.69, 9.17) is 12.2 Å². The molecule has 1 fully saturated rings. The maximum Gasteiger partial charge on any atom is 0.174 e. The topological polar surface area (TPSA) is 33.1 Å². The summed E-state index contributed by atoms with van der Waals surface area (Å²) < 4.78 is 1.77. The van der Waals surface area contributed by atoms with Crippen LogP contribution in [0.5, 0.6) is 0 Å². The van der Waals surface area contributed by atoms with Crippen LogP contribution in [0.1, 0.15) is 20.3 Å². The molecule has 94 valence electrons. The maximum absolute atomic E-state index is 5.44. The summed E-state index contributed by atoms with van der Waals surface area (Å²) in [5, 5.41) is 8.27. The number of thiocarbonyl (C=S) groups is 1. The van der Waals surface area contributed by atoms with Crippen molar-refractivity contribution in [3.63, 3.8) is 0 Å². The highest BCUT2D eigenvalue weighted by molar-refractivity contribution is 7.80. The number of aryl methyl sites for hydroxylation is 1. The van der Waals surface area contributed by atoms with Gasteiger partial charge in [0.1, 0.15) is 0 Å². The molecular weight excluding hydrogens is 232 g/mol. The van der Waals surface area contributed by atoms with Crippen LogP contribution in [0.2, 0.25) is 0 Å². The smallest absolute Gasteiger partial charge is 0.174 e. The van der Waals surface area contributed by atoms with Gasteiger partial charge >= 0.3 is 0 Å². The lowest BCUT2D eigenvalue weighted by Crippen LogP contribution is -2.44. The van der Waals surface area contributed by atoms with E-state index in [1.54, 1.807) is 4.68 Å². The number of aromatic nitrogens is 2. The van der Waals surface area contributed by atoms with Crippen LogP contribution in [0.3, 0.4) is 0 Å². The van der Waals surface area contributed by atoms with E-state index in [2.05, 4.69) is 29.2 Å². The number of anilines is 1. The van der Waals surface area contributed by atoms with Crippen molar-refractivity contribution < 1.29 is 0 Å². The van der Waals surface area contributed by atoms with Gasteiger partial charge in [0.2, 0.25) is 0 Å². The average molecular weight is 252 g/mol. The molecule has 0 bridgehead atoms. The van der Waals surface area contributed by atoms with Gasteiger partial charge in [-0.05, 0) is 30.5 Å². The number of piperidine rings is 1. The molecular formula is C12H20N4S. The van der Waals surface area contributed by atoms with Crippen LogP contribution in [0, 0.1) is 11.8 Å². The Labute approximate surface area is 108 Å². The standard InChI is InChI=1S/C12H20N4S/c1-9-6-10(2)8-16(7-9)12(17)13-11-4-5-15(3)14-11/h4-5,9-10H,6-8H2,1-3H3,(H,13,14,17)/t9-,10-/m1/s1.